The molecule has 1 amide bonds. The summed E-state index contributed by atoms with van der Waals surface area (Å²) >= 11 is 9.73. The maximum atomic E-state index is 13.0. The number of amides is 1. The predicted octanol–water partition coefficient (Wildman–Crippen LogP) is 6.33. The summed E-state index contributed by atoms with van der Waals surface area (Å²) < 4.78 is 72.0. The van der Waals surface area contributed by atoms with Crippen LogP contribution < -0.4 is 10.0 Å². The summed E-state index contributed by atoms with van der Waals surface area (Å²) in [5.74, 6) is 0.408. The zero-order valence-corrected chi connectivity index (χ0v) is 23.1. The van der Waals surface area contributed by atoms with Gasteiger partial charge in [0.15, 0.2) is 10.9 Å². The molecule has 8 nitrogen and oxygen atoms in total. The van der Waals surface area contributed by atoms with Gasteiger partial charge in [-0.1, -0.05) is 36.7 Å². The minimum atomic E-state index is -5.64. The van der Waals surface area contributed by atoms with Gasteiger partial charge in [-0.05, 0) is 52.7 Å². The van der Waals surface area contributed by atoms with Crippen LogP contribution in [0.25, 0.3) is 22.3 Å². The van der Waals surface area contributed by atoms with E-state index in [-0.39, 0.29) is 40.3 Å². The van der Waals surface area contributed by atoms with Crippen LogP contribution in [-0.2, 0) is 23.0 Å². The van der Waals surface area contributed by atoms with Crippen molar-refractivity contribution in [2.75, 3.05) is 11.3 Å². The summed E-state index contributed by atoms with van der Waals surface area (Å²) in [6.07, 6.45) is 0.533. The molecular weight excluding hydrogens is 613 g/mol. The number of aromatic nitrogens is 2. The van der Waals surface area contributed by atoms with Crippen molar-refractivity contribution in [1.29, 1.82) is 0 Å². The van der Waals surface area contributed by atoms with Crippen molar-refractivity contribution in [2.45, 2.75) is 32.3 Å². The highest BCUT2D eigenvalue weighted by Crippen LogP contribution is 2.42. The molecule has 2 heterocycles. The molecule has 0 spiro atoms. The summed E-state index contributed by atoms with van der Waals surface area (Å²) in [6, 6.07) is 10.8. The SMILES string of the molecule is CCNC(=O)c1c(Cl)nc(CC)n1Cc1ccc2oc(-c3ccccc3NS(=O)(=O)C(F)(F)F)c(Br)c2c1. The van der Waals surface area contributed by atoms with Crippen molar-refractivity contribution in [3.05, 3.63) is 69.2 Å². The Balaban J connectivity index is 1.76. The molecule has 14 heteroatoms. The molecule has 2 aromatic carbocycles. The lowest BCUT2D eigenvalue weighted by atomic mass is 10.1. The van der Waals surface area contributed by atoms with E-state index in [1.807, 2.05) is 6.92 Å². The number of rotatable bonds is 8. The number of carbonyl (C=O) groups is 1. The second-order valence-corrected chi connectivity index (χ2v) is 11.0. The van der Waals surface area contributed by atoms with Gasteiger partial charge < -0.3 is 14.3 Å². The van der Waals surface area contributed by atoms with Crippen LogP contribution in [0.4, 0.5) is 18.9 Å². The van der Waals surface area contributed by atoms with E-state index in [9.17, 15) is 26.4 Å². The third-order valence-electron chi connectivity index (χ3n) is 5.63. The Morgan fingerprint density at radius 3 is 2.55 bits per heavy atom. The van der Waals surface area contributed by atoms with E-state index in [2.05, 4.69) is 26.2 Å². The number of alkyl halides is 3. The number of hydrogen-bond acceptors (Lipinski definition) is 5. The van der Waals surface area contributed by atoms with E-state index < -0.39 is 15.5 Å². The normalized spacial score (nSPS) is 12.2. The molecule has 2 N–H and O–H groups in total. The molecule has 0 saturated carbocycles. The Morgan fingerprint density at radius 1 is 1.18 bits per heavy atom. The van der Waals surface area contributed by atoms with Crippen LogP contribution >= 0.6 is 27.5 Å². The van der Waals surface area contributed by atoms with E-state index in [1.54, 1.807) is 40.5 Å². The lowest BCUT2D eigenvalue weighted by molar-refractivity contribution is -0.0429. The standard InChI is InChI=1S/C24H21BrClF3N4O4S/c1-3-18-31-22(26)20(23(34)30-4-2)33(18)12-13-9-10-17-15(11-13)19(25)21(37-17)14-7-5-6-8-16(14)32-38(35,36)24(27,28)29/h5-11,32H,3-4,12H2,1-2H3,(H,30,34). The third-order valence-corrected chi connectivity index (χ3v) is 7.77. The predicted molar refractivity (Wildman–Crippen MR) is 142 cm³/mol. The number of imidazole rings is 1. The Labute approximate surface area is 229 Å². The molecule has 4 aromatic rings. The number of halogens is 5. The zero-order valence-electron chi connectivity index (χ0n) is 20.0. The number of para-hydroxylation sites is 1. The minimum absolute atomic E-state index is 0.0959. The smallest absolute Gasteiger partial charge is 0.455 e. The van der Waals surface area contributed by atoms with Gasteiger partial charge in [0.1, 0.15) is 17.1 Å². The zero-order chi connectivity index (χ0) is 27.8. The summed E-state index contributed by atoms with van der Waals surface area (Å²) in [6.45, 7) is 4.37. The fourth-order valence-corrected chi connectivity index (χ4v) is 5.38. The first-order valence-electron chi connectivity index (χ1n) is 11.3. The quantitative estimate of drug-likeness (QED) is 0.236. The molecule has 0 saturated heterocycles. The molecule has 0 unspecified atom stereocenters. The average molecular weight is 634 g/mol. The Hall–Kier alpha value is -3.03. The molecule has 0 fully saturated rings. The summed E-state index contributed by atoms with van der Waals surface area (Å²) in [5, 5.41) is 3.42. The van der Waals surface area contributed by atoms with Crippen LogP contribution in [0.1, 0.15) is 35.7 Å². The van der Waals surface area contributed by atoms with Gasteiger partial charge in [0, 0.05) is 30.5 Å². The van der Waals surface area contributed by atoms with Gasteiger partial charge in [-0.3, -0.25) is 9.52 Å². The van der Waals surface area contributed by atoms with Gasteiger partial charge in [-0.25, -0.2) is 4.98 Å². The van der Waals surface area contributed by atoms with Gasteiger partial charge in [0.25, 0.3) is 5.91 Å². The molecule has 0 bridgehead atoms. The van der Waals surface area contributed by atoms with Crippen molar-refractivity contribution in [3.63, 3.8) is 0 Å². The molecule has 0 atom stereocenters. The number of furan rings is 1. The van der Waals surface area contributed by atoms with Crippen LogP contribution in [0.3, 0.4) is 0 Å². The number of benzene rings is 2. The molecule has 38 heavy (non-hydrogen) atoms. The van der Waals surface area contributed by atoms with E-state index >= 15 is 0 Å². The number of sulfonamides is 1. The summed E-state index contributed by atoms with van der Waals surface area (Å²) in [7, 11) is -5.64. The molecule has 202 valence electrons. The molecule has 0 aliphatic rings. The average Bonchev–Trinajstić information content (AvgIpc) is 3.34. The summed E-state index contributed by atoms with van der Waals surface area (Å²) in [4.78, 5) is 16.9. The first-order chi connectivity index (χ1) is 17.9. The Bertz CT molecular complexity index is 1630. The molecular formula is C24H21BrClF3N4O4S. The summed E-state index contributed by atoms with van der Waals surface area (Å²) in [5.41, 5.74) is -4.25. The minimum Gasteiger partial charge on any atom is -0.455 e. The largest absolute Gasteiger partial charge is 0.516 e. The topological polar surface area (TPSA) is 106 Å². The fraction of sp³-hybridized carbons (Fsp3) is 0.250. The number of hydrogen-bond donors (Lipinski definition) is 2. The van der Waals surface area contributed by atoms with Crippen molar-refractivity contribution in [3.8, 4) is 11.3 Å². The van der Waals surface area contributed by atoms with Crippen molar-refractivity contribution < 1.29 is 30.8 Å². The van der Waals surface area contributed by atoms with Crippen LogP contribution in [0, 0.1) is 0 Å². The monoisotopic (exact) mass is 632 g/mol. The van der Waals surface area contributed by atoms with Gasteiger partial charge >= 0.3 is 15.5 Å². The van der Waals surface area contributed by atoms with Crippen molar-refractivity contribution in [2.24, 2.45) is 0 Å². The number of aryl methyl sites for hydroxylation is 1. The van der Waals surface area contributed by atoms with E-state index in [0.717, 1.165) is 5.56 Å². The highest BCUT2D eigenvalue weighted by atomic mass is 79.9. The molecule has 0 aliphatic carbocycles. The molecule has 0 aliphatic heterocycles. The lowest BCUT2D eigenvalue weighted by Gasteiger charge is -2.13. The van der Waals surface area contributed by atoms with Gasteiger partial charge in [0.05, 0.1) is 10.2 Å². The molecule has 0 radical (unpaired) electrons. The fourth-order valence-electron chi connectivity index (χ4n) is 3.91. The van der Waals surface area contributed by atoms with Crippen molar-refractivity contribution in [1.82, 2.24) is 14.9 Å². The van der Waals surface area contributed by atoms with Crippen LogP contribution in [0.2, 0.25) is 5.15 Å². The lowest BCUT2D eigenvalue weighted by Crippen LogP contribution is -2.30. The van der Waals surface area contributed by atoms with E-state index in [0.29, 0.717) is 34.2 Å². The van der Waals surface area contributed by atoms with Crippen LogP contribution in [-0.4, -0.2) is 35.9 Å². The van der Waals surface area contributed by atoms with Crippen LogP contribution in [0.15, 0.2) is 51.4 Å². The first kappa shape index (κ1) is 28.0. The van der Waals surface area contributed by atoms with Crippen molar-refractivity contribution >= 4 is 60.1 Å². The number of nitrogens with one attached hydrogen (secondary N) is 2. The Morgan fingerprint density at radius 2 is 1.89 bits per heavy atom. The first-order valence-corrected chi connectivity index (χ1v) is 14.0. The van der Waals surface area contributed by atoms with Gasteiger partial charge in [-0.15, -0.1) is 0 Å². The second-order valence-electron chi connectivity index (χ2n) is 8.14. The molecule has 4 rings (SSSR count). The third kappa shape index (κ3) is 5.27. The molecule has 2 aromatic heterocycles. The Kier molecular flexibility index (Phi) is 7.82. The number of nitrogens with zero attached hydrogens (tertiary/aromatic N) is 2. The highest BCUT2D eigenvalue weighted by molar-refractivity contribution is 9.10. The number of carbonyl (C=O) groups excluding carboxylic acids is 1. The second kappa shape index (κ2) is 10.6. The van der Waals surface area contributed by atoms with E-state index in [1.165, 1.54) is 18.2 Å². The van der Waals surface area contributed by atoms with Gasteiger partial charge in [0.2, 0.25) is 0 Å². The number of anilines is 1. The van der Waals surface area contributed by atoms with E-state index in [4.69, 9.17) is 16.0 Å². The van der Waals surface area contributed by atoms with Gasteiger partial charge in [-0.2, -0.15) is 21.6 Å². The maximum absolute atomic E-state index is 13.0. The maximum Gasteiger partial charge on any atom is 0.516 e. The highest BCUT2D eigenvalue weighted by Gasteiger charge is 2.46. The van der Waals surface area contributed by atoms with Crippen LogP contribution in [0.5, 0.6) is 0 Å². The number of fused-ring (bicyclic) bond motifs is 1.